The van der Waals surface area contributed by atoms with E-state index >= 15 is 0 Å². The van der Waals surface area contributed by atoms with Gasteiger partial charge in [-0.25, -0.2) is 4.79 Å². The monoisotopic (exact) mass is 224 g/mol. The van der Waals surface area contributed by atoms with Crippen LogP contribution in [0.5, 0.6) is 0 Å². The summed E-state index contributed by atoms with van der Waals surface area (Å²) in [5.74, 6) is -0.846. The van der Waals surface area contributed by atoms with E-state index < -0.39 is 18.2 Å². The lowest BCUT2D eigenvalue weighted by atomic mass is 9.88. The van der Waals surface area contributed by atoms with Crippen LogP contribution in [-0.2, 0) is 23.8 Å². The molecule has 5 atom stereocenters. The van der Waals surface area contributed by atoms with Gasteiger partial charge in [0.15, 0.2) is 12.2 Å². The smallest absolute Gasteiger partial charge is 0.333 e. The number of carbonyl (C=O) groups excluding carboxylic acids is 2. The van der Waals surface area contributed by atoms with Crippen molar-refractivity contribution in [2.75, 3.05) is 0 Å². The van der Waals surface area contributed by atoms with Crippen molar-refractivity contribution in [3.8, 4) is 0 Å². The van der Waals surface area contributed by atoms with Crippen LogP contribution in [0.4, 0.5) is 0 Å². The molecule has 0 aromatic carbocycles. The number of carbonyl (C=O) groups is 2. The number of ether oxygens (including phenoxy) is 3. The first-order valence-electron chi connectivity index (χ1n) is 5.30. The zero-order chi connectivity index (χ0) is 11.4. The Bertz CT molecular complexity index is 388. The number of hydrogen-bond donors (Lipinski definition) is 0. The molecule has 0 amide bonds. The van der Waals surface area contributed by atoms with Gasteiger partial charge in [0.2, 0.25) is 0 Å². The van der Waals surface area contributed by atoms with E-state index in [1.807, 2.05) is 0 Å². The molecule has 5 nitrogen and oxygen atoms in total. The van der Waals surface area contributed by atoms with Crippen molar-refractivity contribution >= 4 is 11.9 Å². The van der Waals surface area contributed by atoms with E-state index in [1.165, 1.54) is 0 Å². The highest BCUT2D eigenvalue weighted by atomic mass is 16.7. The third-order valence-corrected chi connectivity index (χ3v) is 3.38. The van der Waals surface area contributed by atoms with E-state index in [-0.39, 0.29) is 24.1 Å². The molecule has 0 aromatic heterocycles. The Morgan fingerprint density at radius 3 is 2.94 bits per heavy atom. The topological polar surface area (TPSA) is 61.8 Å². The van der Waals surface area contributed by atoms with E-state index in [0.717, 1.165) is 0 Å². The zero-order valence-corrected chi connectivity index (χ0v) is 8.84. The minimum absolute atomic E-state index is 0.158. The first kappa shape index (κ1) is 9.84. The van der Waals surface area contributed by atoms with E-state index in [9.17, 15) is 9.59 Å². The fourth-order valence-electron chi connectivity index (χ4n) is 2.61. The summed E-state index contributed by atoms with van der Waals surface area (Å²) in [5, 5.41) is 0. The van der Waals surface area contributed by atoms with Crippen molar-refractivity contribution in [1.82, 2.24) is 0 Å². The van der Waals surface area contributed by atoms with Gasteiger partial charge in [-0.2, -0.15) is 0 Å². The van der Waals surface area contributed by atoms with E-state index in [4.69, 9.17) is 14.2 Å². The van der Waals surface area contributed by atoms with Gasteiger partial charge in [0.05, 0.1) is 12.0 Å². The summed E-state index contributed by atoms with van der Waals surface area (Å²) in [6, 6.07) is 0. The van der Waals surface area contributed by atoms with Crippen LogP contribution in [0.25, 0.3) is 0 Å². The quantitative estimate of drug-likeness (QED) is 0.495. The van der Waals surface area contributed by atoms with Gasteiger partial charge in [0.1, 0.15) is 6.10 Å². The van der Waals surface area contributed by atoms with Gasteiger partial charge >= 0.3 is 11.9 Å². The highest BCUT2D eigenvalue weighted by Gasteiger charge is 2.65. The molecule has 0 N–H and O–H groups in total. The summed E-state index contributed by atoms with van der Waals surface area (Å²) < 4.78 is 16.0. The van der Waals surface area contributed by atoms with Crippen molar-refractivity contribution < 1.29 is 23.8 Å². The second kappa shape index (κ2) is 3.07. The van der Waals surface area contributed by atoms with Crippen LogP contribution in [0.1, 0.15) is 13.3 Å². The molecule has 3 aliphatic heterocycles. The number of esters is 2. The number of hydrogen-bond acceptors (Lipinski definition) is 5. The van der Waals surface area contributed by atoms with Crippen LogP contribution in [-0.4, -0.2) is 36.4 Å². The Kier molecular flexibility index (Phi) is 1.89. The molecule has 4 unspecified atom stereocenters. The SMILES string of the molecule is C=C(C)C(=O)OC1C2C[C@H]3C(=O)OC1C3O2. The summed E-state index contributed by atoms with van der Waals surface area (Å²) in [6.07, 6.45) is -0.708. The minimum Gasteiger partial charge on any atom is -0.455 e. The Morgan fingerprint density at radius 2 is 2.25 bits per heavy atom. The highest BCUT2D eigenvalue weighted by Crippen LogP contribution is 2.47. The molecule has 5 heteroatoms. The predicted molar refractivity (Wildman–Crippen MR) is 51.3 cm³/mol. The summed E-state index contributed by atoms with van der Waals surface area (Å²) in [5.41, 5.74) is 0.337. The van der Waals surface area contributed by atoms with Gasteiger partial charge in [-0.3, -0.25) is 4.79 Å². The average molecular weight is 224 g/mol. The molecule has 3 rings (SSSR count). The summed E-state index contributed by atoms with van der Waals surface area (Å²) in [7, 11) is 0. The average Bonchev–Trinajstić information content (AvgIpc) is 2.81. The van der Waals surface area contributed by atoms with Gasteiger partial charge < -0.3 is 14.2 Å². The Balaban J connectivity index is 1.77. The minimum atomic E-state index is -0.461. The van der Waals surface area contributed by atoms with Crippen LogP contribution >= 0.6 is 0 Å². The van der Waals surface area contributed by atoms with Gasteiger partial charge in [-0.15, -0.1) is 0 Å². The first-order valence-corrected chi connectivity index (χ1v) is 5.30. The molecule has 0 aromatic rings. The molecule has 16 heavy (non-hydrogen) atoms. The summed E-state index contributed by atoms with van der Waals surface area (Å²) in [4.78, 5) is 22.8. The fraction of sp³-hybridized carbons (Fsp3) is 0.636. The Hall–Kier alpha value is -1.36. The van der Waals surface area contributed by atoms with Gasteiger partial charge in [-0.1, -0.05) is 6.58 Å². The third kappa shape index (κ3) is 1.15. The maximum absolute atomic E-state index is 11.4. The lowest BCUT2D eigenvalue weighted by Gasteiger charge is -2.22. The molecule has 2 bridgehead atoms. The largest absolute Gasteiger partial charge is 0.455 e. The fourth-order valence-corrected chi connectivity index (χ4v) is 2.61. The summed E-state index contributed by atoms with van der Waals surface area (Å²) >= 11 is 0. The molecule has 3 aliphatic rings. The number of fused-ring (bicyclic) bond motifs is 1. The van der Waals surface area contributed by atoms with E-state index in [2.05, 4.69) is 6.58 Å². The molecular weight excluding hydrogens is 212 g/mol. The molecule has 86 valence electrons. The zero-order valence-electron chi connectivity index (χ0n) is 8.84. The lowest BCUT2D eigenvalue weighted by Crippen LogP contribution is -2.40. The van der Waals surface area contributed by atoms with Crippen molar-refractivity contribution in [2.45, 2.75) is 37.8 Å². The van der Waals surface area contributed by atoms with Crippen LogP contribution in [0.15, 0.2) is 12.2 Å². The van der Waals surface area contributed by atoms with E-state index in [0.29, 0.717) is 12.0 Å². The van der Waals surface area contributed by atoms with Crippen molar-refractivity contribution in [2.24, 2.45) is 5.92 Å². The molecule has 3 saturated heterocycles. The molecule has 0 aliphatic carbocycles. The standard InChI is InChI=1S/C11H12O5/c1-4(2)10(12)15-8-6-3-5-7(14-6)9(8)16-11(5)13/h5-9H,1,3H2,2H3/t5-,6?,7?,8?,9?/m1/s1. The van der Waals surface area contributed by atoms with Crippen LogP contribution in [0, 0.1) is 5.92 Å². The highest BCUT2D eigenvalue weighted by molar-refractivity contribution is 5.87. The van der Waals surface area contributed by atoms with Crippen molar-refractivity contribution in [1.29, 1.82) is 0 Å². The maximum Gasteiger partial charge on any atom is 0.333 e. The number of rotatable bonds is 2. The van der Waals surface area contributed by atoms with Crippen LogP contribution in [0.3, 0.4) is 0 Å². The van der Waals surface area contributed by atoms with Crippen LogP contribution in [0.2, 0.25) is 0 Å². The van der Waals surface area contributed by atoms with Gasteiger partial charge in [0, 0.05) is 5.57 Å². The molecule has 0 radical (unpaired) electrons. The molecular formula is C11H12O5. The first-order chi connectivity index (χ1) is 7.58. The molecule has 0 spiro atoms. The third-order valence-electron chi connectivity index (χ3n) is 3.38. The Morgan fingerprint density at radius 1 is 1.50 bits per heavy atom. The normalized spacial score (nSPS) is 43.3. The Labute approximate surface area is 92.3 Å². The van der Waals surface area contributed by atoms with Crippen molar-refractivity contribution in [3.63, 3.8) is 0 Å². The second-order valence-corrected chi connectivity index (χ2v) is 4.53. The summed E-state index contributed by atoms with van der Waals surface area (Å²) in [6.45, 7) is 5.10. The van der Waals surface area contributed by atoms with Crippen LogP contribution < -0.4 is 0 Å². The molecule has 3 heterocycles. The van der Waals surface area contributed by atoms with Gasteiger partial charge in [-0.05, 0) is 13.3 Å². The predicted octanol–water partition coefficient (Wildman–Crippen LogP) is 0.187. The molecule has 3 fully saturated rings. The lowest BCUT2D eigenvalue weighted by molar-refractivity contribution is -0.157. The second-order valence-electron chi connectivity index (χ2n) is 4.53. The molecule has 0 saturated carbocycles. The van der Waals surface area contributed by atoms with Crippen molar-refractivity contribution in [3.05, 3.63) is 12.2 Å². The van der Waals surface area contributed by atoms with E-state index in [1.54, 1.807) is 6.92 Å². The maximum atomic E-state index is 11.4. The van der Waals surface area contributed by atoms with Gasteiger partial charge in [0.25, 0.3) is 0 Å².